The van der Waals surface area contributed by atoms with E-state index in [2.05, 4.69) is 16.4 Å². The number of hydrogen-bond acceptors (Lipinski definition) is 2. The van der Waals surface area contributed by atoms with E-state index in [9.17, 15) is 9.59 Å². The van der Waals surface area contributed by atoms with Crippen molar-refractivity contribution in [3.8, 4) is 0 Å². The van der Waals surface area contributed by atoms with Crippen molar-refractivity contribution in [3.05, 3.63) is 71.4 Å². The number of fused-ring (bicyclic) bond motifs is 1. The van der Waals surface area contributed by atoms with Crippen LogP contribution in [0, 0.1) is 0 Å². The minimum Gasteiger partial charge on any atom is -0.361 e. The number of carbonyl (C=O) groups is 2. The van der Waals surface area contributed by atoms with E-state index in [0.29, 0.717) is 19.4 Å². The number of hydrogen-bond donors (Lipinski definition) is 2. The number of nitrogens with zero attached hydrogens (tertiary/aromatic N) is 1. The van der Waals surface area contributed by atoms with Gasteiger partial charge in [0.25, 0.3) is 5.91 Å². The van der Waals surface area contributed by atoms with Crippen LogP contribution < -0.4 is 5.32 Å². The highest BCUT2D eigenvalue weighted by Gasteiger charge is 2.19. The molecule has 4 rings (SSSR count). The normalized spacial score (nSPS) is 13.8. The SMILES string of the molecule is O=C(CCc1c[nH]c2ccccc12)NCc1ccc(C(=O)N2CCCC2)cc1. The fourth-order valence-corrected chi connectivity index (χ4v) is 3.74. The molecule has 3 aromatic rings. The van der Waals surface area contributed by atoms with E-state index in [1.54, 1.807) is 0 Å². The Balaban J connectivity index is 1.27. The second kappa shape index (κ2) is 8.30. The first-order valence-electron chi connectivity index (χ1n) is 9.90. The van der Waals surface area contributed by atoms with Crippen molar-refractivity contribution in [1.82, 2.24) is 15.2 Å². The molecule has 144 valence electrons. The highest BCUT2D eigenvalue weighted by atomic mass is 16.2. The Bertz CT molecular complexity index is 969. The molecule has 1 aliphatic rings. The molecule has 0 unspecified atom stereocenters. The second-order valence-electron chi connectivity index (χ2n) is 7.33. The predicted octanol–water partition coefficient (Wildman–Crippen LogP) is 3.65. The van der Waals surface area contributed by atoms with Crippen molar-refractivity contribution in [1.29, 1.82) is 0 Å². The molecule has 0 saturated carbocycles. The van der Waals surface area contributed by atoms with Crippen molar-refractivity contribution in [2.75, 3.05) is 13.1 Å². The Labute approximate surface area is 164 Å². The van der Waals surface area contributed by atoms with E-state index in [1.165, 1.54) is 5.39 Å². The standard InChI is InChI=1S/C23H25N3O2/c27-22(12-11-19-16-24-21-6-2-1-5-20(19)21)25-15-17-7-9-18(10-8-17)23(28)26-13-3-4-14-26/h1-2,5-10,16,24H,3-4,11-15H2,(H,25,27). The first-order chi connectivity index (χ1) is 13.7. The number of carbonyl (C=O) groups excluding carboxylic acids is 2. The quantitative estimate of drug-likeness (QED) is 0.691. The van der Waals surface area contributed by atoms with Gasteiger partial charge in [-0.25, -0.2) is 0 Å². The number of aromatic amines is 1. The van der Waals surface area contributed by atoms with Gasteiger partial charge in [-0.3, -0.25) is 9.59 Å². The van der Waals surface area contributed by atoms with Gasteiger partial charge in [0.15, 0.2) is 0 Å². The Morgan fingerprint density at radius 1 is 1.00 bits per heavy atom. The van der Waals surface area contributed by atoms with Crippen molar-refractivity contribution in [2.24, 2.45) is 0 Å². The molecule has 5 nitrogen and oxygen atoms in total. The average Bonchev–Trinajstić information content (AvgIpc) is 3.41. The summed E-state index contributed by atoms with van der Waals surface area (Å²) in [5, 5.41) is 4.14. The van der Waals surface area contributed by atoms with E-state index in [1.807, 2.05) is 53.6 Å². The van der Waals surface area contributed by atoms with Crippen molar-refractivity contribution in [2.45, 2.75) is 32.2 Å². The number of aryl methyl sites for hydroxylation is 1. The molecule has 2 heterocycles. The van der Waals surface area contributed by atoms with Gasteiger partial charge in [-0.2, -0.15) is 0 Å². The third-order valence-corrected chi connectivity index (χ3v) is 5.38. The van der Waals surface area contributed by atoms with Crippen LogP contribution in [0.4, 0.5) is 0 Å². The Kier molecular flexibility index (Phi) is 5.42. The lowest BCUT2D eigenvalue weighted by Gasteiger charge is -2.15. The van der Waals surface area contributed by atoms with Crippen molar-refractivity contribution >= 4 is 22.7 Å². The minimum atomic E-state index is 0.0301. The Morgan fingerprint density at radius 2 is 1.75 bits per heavy atom. The molecular formula is C23H25N3O2. The van der Waals surface area contributed by atoms with Gasteiger partial charge >= 0.3 is 0 Å². The van der Waals surface area contributed by atoms with E-state index in [-0.39, 0.29) is 11.8 Å². The highest BCUT2D eigenvalue weighted by Crippen LogP contribution is 2.19. The first kappa shape index (κ1) is 18.3. The number of benzene rings is 2. The lowest BCUT2D eigenvalue weighted by molar-refractivity contribution is -0.121. The van der Waals surface area contributed by atoms with Crippen LogP contribution in [0.2, 0.25) is 0 Å². The third kappa shape index (κ3) is 4.09. The summed E-state index contributed by atoms with van der Waals surface area (Å²) in [6, 6.07) is 15.7. The molecular weight excluding hydrogens is 350 g/mol. The number of rotatable bonds is 6. The van der Waals surface area contributed by atoms with E-state index in [4.69, 9.17) is 0 Å². The zero-order valence-electron chi connectivity index (χ0n) is 15.9. The highest BCUT2D eigenvalue weighted by molar-refractivity contribution is 5.94. The van der Waals surface area contributed by atoms with Gasteiger partial charge in [0.05, 0.1) is 0 Å². The molecule has 2 N–H and O–H groups in total. The maximum Gasteiger partial charge on any atom is 0.253 e. The van der Waals surface area contributed by atoms with Crippen LogP contribution in [0.3, 0.4) is 0 Å². The molecule has 0 bridgehead atoms. The van der Waals surface area contributed by atoms with Crippen LogP contribution in [0.1, 0.15) is 40.7 Å². The van der Waals surface area contributed by atoms with Crippen LogP contribution in [-0.2, 0) is 17.8 Å². The van der Waals surface area contributed by atoms with Gasteiger partial charge in [-0.05, 0) is 48.6 Å². The van der Waals surface area contributed by atoms with Crippen molar-refractivity contribution in [3.63, 3.8) is 0 Å². The lowest BCUT2D eigenvalue weighted by atomic mass is 10.1. The number of nitrogens with one attached hydrogen (secondary N) is 2. The fourth-order valence-electron chi connectivity index (χ4n) is 3.74. The summed E-state index contributed by atoms with van der Waals surface area (Å²) in [4.78, 5) is 29.7. The number of aromatic nitrogens is 1. The summed E-state index contributed by atoms with van der Waals surface area (Å²) in [5.41, 5.74) is 3.98. The van der Waals surface area contributed by atoms with Gasteiger partial charge < -0.3 is 15.2 Å². The smallest absolute Gasteiger partial charge is 0.253 e. The number of likely N-dealkylation sites (tertiary alicyclic amines) is 1. The maximum atomic E-state index is 12.4. The molecule has 1 aromatic heterocycles. The largest absolute Gasteiger partial charge is 0.361 e. The monoisotopic (exact) mass is 375 g/mol. The number of amides is 2. The fraction of sp³-hybridized carbons (Fsp3) is 0.304. The zero-order valence-corrected chi connectivity index (χ0v) is 15.9. The van der Waals surface area contributed by atoms with E-state index < -0.39 is 0 Å². The molecule has 2 amide bonds. The predicted molar refractivity (Wildman–Crippen MR) is 110 cm³/mol. The zero-order chi connectivity index (χ0) is 19.3. The molecule has 5 heteroatoms. The third-order valence-electron chi connectivity index (χ3n) is 5.38. The van der Waals surface area contributed by atoms with Gasteiger partial charge in [0.1, 0.15) is 0 Å². The molecule has 0 atom stereocenters. The summed E-state index contributed by atoms with van der Waals surface area (Å²) >= 11 is 0. The molecule has 2 aromatic carbocycles. The average molecular weight is 375 g/mol. The maximum absolute atomic E-state index is 12.4. The number of H-pyrrole nitrogens is 1. The first-order valence-corrected chi connectivity index (χ1v) is 9.90. The summed E-state index contributed by atoms with van der Waals surface area (Å²) < 4.78 is 0. The molecule has 28 heavy (non-hydrogen) atoms. The Hall–Kier alpha value is -3.08. The van der Waals surface area contributed by atoms with Gasteiger partial charge in [-0.1, -0.05) is 30.3 Å². The van der Waals surface area contributed by atoms with Crippen LogP contribution in [0.5, 0.6) is 0 Å². The van der Waals surface area contributed by atoms with Gasteiger partial charge in [0, 0.05) is 48.7 Å². The molecule has 0 spiro atoms. The van der Waals surface area contributed by atoms with Crippen LogP contribution in [0.15, 0.2) is 54.7 Å². The molecule has 1 saturated heterocycles. The van der Waals surface area contributed by atoms with Crippen LogP contribution >= 0.6 is 0 Å². The second-order valence-corrected chi connectivity index (χ2v) is 7.33. The summed E-state index contributed by atoms with van der Waals surface area (Å²) in [5.74, 6) is 0.134. The van der Waals surface area contributed by atoms with Crippen LogP contribution in [0.25, 0.3) is 10.9 Å². The molecule has 1 aliphatic heterocycles. The minimum absolute atomic E-state index is 0.0301. The Morgan fingerprint density at radius 3 is 2.54 bits per heavy atom. The van der Waals surface area contributed by atoms with Crippen LogP contribution in [-0.4, -0.2) is 34.8 Å². The summed E-state index contributed by atoms with van der Waals surface area (Å²) in [7, 11) is 0. The van der Waals surface area contributed by atoms with Gasteiger partial charge in [-0.15, -0.1) is 0 Å². The summed E-state index contributed by atoms with van der Waals surface area (Å²) in [6.45, 7) is 2.19. The topological polar surface area (TPSA) is 65.2 Å². The van der Waals surface area contributed by atoms with Crippen molar-refractivity contribution < 1.29 is 9.59 Å². The van der Waals surface area contributed by atoms with E-state index >= 15 is 0 Å². The lowest BCUT2D eigenvalue weighted by Crippen LogP contribution is -2.27. The molecule has 0 radical (unpaired) electrons. The number of para-hydroxylation sites is 1. The van der Waals surface area contributed by atoms with E-state index in [0.717, 1.165) is 48.1 Å². The molecule has 0 aliphatic carbocycles. The molecule has 1 fully saturated rings. The van der Waals surface area contributed by atoms with Gasteiger partial charge in [0.2, 0.25) is 5.91 Å². The summed E-state index contributed by atoms with van der Waals surface area (Å²) in [6.07, 6.45) is 5.32.